The third-order valence-electron chi connectivity index (χ3n) is 5.20. The average Bonchev–Trinajstić information content (AvgIpc) is 3.46. The van der Waals surface area contributed by atoms with Gasteiger partial charge in [0.15, 0.2) is 10.8 Å². The standard InChI is InChI=1S/C19H22N6O5S3/c1-30-24-12(11-8-33-19(20)22-11)15(26)23-13-16(27)25-14(18(28)29)9(7-32-17(13)25)3-5-31-10-2-4-21-6-10/h3,5,8,10,13,17,21H,2,4,6-7H2,1H3,(H2,20,22)(H,23,26)(H,28,29)/b5-3+,24-12?/t10-,13-,17-/m1/s1. The lowest BCUT2D eigenvalue weighted by Gasteiger charge is -2.49. The zero-order valence-corrected chi connectivity index (χ0v) is 20.0. The highest BCUT2D eigenvalue weighted by Crippen LogP contribution is 2.41. The number of carbonyl (C=O) groups is 3. The van der Waals surface area contributed by atoms with Crippen molar-refractivity contribution in [3.8, 4) is 0 Å². The predicted octanol–water partition coefficient (Wildman–Crippen LogP) is 0.423. The molecule has 0 radical (unpaired) electrons. The third kappa shape index (κ3) is 4.88. The van der Waals surface area contributed by atoms with Crippen molar-refractivity contribution in [2.45, 2.75) is 23.1 Å². The second-order valence-corrected chi connectivity index (χ2v) is 10.5. The lowest BCUT2D eigenvalue weighted by molar-refractivity contribution is -0.150. The van der Waals surface area contributed by atoms with Gasteiger partial charge >= 0.3 is 5.97 Å². The van der Waals surface area contributed by atoms with Crippen LogP contribution in [0.25, 0.3) is 0 Å². The minimum atomic E-state index is -1.18. The summed E-state index contributed by atoms with van der Waals surface area (Å²) in [6.45, 7) is 1.90. The summed E-state index contributed by atoms with van der Waals surface area (Å²) >= 11 is 4.18. The maximum atomic E-state index is 12.9. The molecule has 3 aliphatic rings. The zero-order chi connectivity index (χ0) is 23.5. The number of hydrogen-bond acceptors (Lipinski definition) is 11. The van der Waals surface area contributed by atoms with Gasteiger partial charge < -0.3 is 26.3 Å². The highest BCUT2D eigenvalue weighted by atomic mass is 32.2. The molecule has 176 valence electrons. The maximum absolute atomic E-state index is 12.9. The highest BCUT2D eigenvalue weighted by molar-refractivity contribution is 8.02. The van der Waals surface area contributed by atoms with E-state index in [4.69, 9.17) is 10.6 Å². The molecule has 0 unspecified atom stereocenters. The summed E-state index contributed by atoms with van der Waals surface area (Å²) in [4.78, 5) is 47.6. The molecular formula is C19H22N6O5S3. The fourth-order valence-corrected chi connectivity index (χ4v) is 6.45. The normalized spacial score (nSPS) is 25.2. The number of nitrogens with zero attached hydrogens (tertiary/aromatic N) is 3. The van der Waals surface area contributed by atoms with Gasteiger partial charge in [0.1, 0.15) is 29.9 Å². The lowest BCUT2D eigenvalue weighted by atomic mass is 10.0. The quantitative estimate of drug-likeness (QED) is 0.219. The van der Waals surface area contributed by atoms with Crippen molar-refractivity contribution < 1.29 is 24.3 Å². The topological polar surface area (TPSA) is 159 Å². The summed E-state index contributed by atoms with van der Waals surface area (Å²) in [5.74, 6) is -1.92. The number of aromatic nitrogens is 1. The van der Waals surface area contributed by atoms with Crippen LogP contribution >= 0.6 is 34.9 Å². The Morgan fingerprint density at radius 1 is 1.52 bits per heavy atom. The number of nitrogen functional groups attached to an aromatic ring is 1. The van der Waals surface area contributed by atoms with Crippen molar-refractivity contribution in [2.75, 3.05) is 31.7 Å². The van der Waals surface area contributed by atoms with Gasteiger partial charge in [-0.25, -0.2) is 9.78 Å². The van der Waals surface area contributed by atoms with Crippen LogP contribution in [0.4, 0.5) is 5.13 Å². The Hall–Kier alpha value is -2.55. The molecule has 3 aliphatic heterocycles. The molecule has 1 aromatic heterocycles. The Morgan fingerprint density at radius 2 is 2.33 bits per heavy atom. The van der Waals surface area contributed by atoms with Gasteiger partial charge in [-0.3, -0.25) is 14.5 Å². The van der Waals surface area contributed by atoms with Crippen LogP contribution in [0.3, 0.4) is 0 Å². The first-order chi connectivity index (χ1) is 15.9. The molecule has 4 rings (SSSR count). The number of amides is 2. The van der Waals surface area contributed by atoms with Crippen molar-refractivity contribution in [3.63, 3.8) is 0 Å². The number of anilines is 1. The Morgan fingerprint density at radius 3 is 2.97 bits per heavy atom. The van der Waals surface area contributed by atoms with Crippen LogP contribution in [0.2, 0.25) is 0 Å². The van der Waals surface area contributed by atoms with Crippen LogP contribution in [0.1, 0.15) is 12.1 Å². The SMILES string of the molecule is CON=C(C(=O)N[C@@H]1C(=O)N2C(C(=O)O)=C(/C=C/S[C@@H]3CCNC3)CS[C@H]12)c1csc(N)n1. The van der Waals surface area contributed by atoms with Crippen molar-refractivity contribution in [3.05, 3.63) is 33.8 Å². The molecule has 1 aromatic rings. The molecule has 2 amide bonds. The number of oxime groups is 1. The van der Waals surface area contributed by atoms with E-state index in [1.54, 1.807) is 23.2 Å². The maximum Gasteiger partial charge on any atom is 0.352 e. The molecular weight excluding hydrogens is 488 g/mol. The molecule has 14 heteroatoms. The largest absolute Gasteiger partial charge is 0.477 e. The van der Waals surface area contributed by atoms with E-state index in [1.165, 1.54) is 23.8 Å². The Kier molecular flexibility index (Phi) is 7.26. The molecule has 0 aromatic carbocycles. The summed E-state index contributed by atoms with van der Waals surface area (Å²) in [5.41, 5.74) is 6.26. The number of thioether (sulfide) groups is 2. The number of thiazole rings is 1. The molecule has 0 bridgehead atoms. The molecule has 0 saturated carbocycles. The number of rotatable bonds is 8. The zero-order valence-electron chi connectivity index (χ0n) is 17.5. The number of aliphatic carboxylic acids is 1. The molecule has 2 saturated heterocycles. The molecule has 2 fully saturated rings. The van der Waals surface area contributed by atoms with Gasteiger partial charge in [0.05, 0.1) is 0 Å². The molecule has 0 spiro atoms. The first-order valence-electron chi connectivity index (χ1n) is 9.98. The summed E-state index contributed by atoms with van der Waals surface area (Å²) in [7, 11) is 1.29. The molecule has 4 heterocycles. The minimum absolute atomic E-state index is 0.0475. The van der Waals surface area contributed by atoms with Gasteiger partial charge in [-0.05, 0) is 30.0 Å². The molecule has 33 heavy (non-hydrogen) atoms. The van der Waals surface area contributed by atoms with Gasteiger partial charge in [0.25, 0.3) is 11.8 Å². The Bertz CT molecular complexity index is 1050. The fourth-order valence-electron chi connectivity index (χ4n) is 3.65. The van der Waals surface area contributed by atoms with Crippen LogP contribution in [0.15, 0.2) is 33.3 Å². The van der Waals surface area contributed by atoms with Gasteiger partial charge in [-0.1, -0.05) is 5.16 Å². The summed E-state index contributed by atoms with van der Waals surface area (Å²) in [6.07, 6.45) is 2.83. The lowest BCUT2D eigenvalue weighted by Crippen LogP contribution is -2.71. The van der Waals surface area contributed by atoms with Crippen molar-refractivity contribution >= 4 is 63.5 Å². The Balaban J connectivity index is 1.47. The number of nitrogens with two attached hydrogens (primary N) is 1. The van der Waals surface area contributed by atoms with E-state index in [0.29, 0.717) is 16.6 Å². The summed E-state index contributed by atoms with van der Waals surface area (Å²) in [5, 5.41) is 23.1. The van der Waals surface area contributed by atoms with Gasteiger partial charge in [-0.2, -0.15) is 0 Å². The second-order valence-electron chi connectivity index (χ2n) is 7.29. The van der Waals surface area contributed by atoms with Crippen molar-refractivity contribution in [2.24, 2.45) is 5.16 Å². The number of nitrogens with one attached hydrogen (secondary N) is 2. The van der Waals surface area contributed by atoms with Crippen LogP contribution in [0, 0.1) is 0 Å². The number of hydrogen-bond donors (Lipinski definition) is 4. The number of carbonyl (C=O) groups excluding carboxylic acids is 2. The van der Waals surface area contributed by atoms with E-state index in [1.807, 2.05) is 5.41 Å². The summed E-state index contributed by atoms with van der Waals surface area (Å²) < 4.78 is 0. The molecule has 5 N–H and O–H groups in total. The van der Waals surface area contributed by atoms with Crippen molar-refractivity contribution in [1.82, 2.24) is 20.5 Å². The number of carboxylic acids is 1. The smallest absolute Gasteiger partial charge is 0.352 e. The first-order valence-corrected chi connectivity index (χ1v) is 12.8. The van der Waals surface area contributed by atoms with Crippen molar-refractivity contribution in [1.29, 1.82) is 0 Å². The van der Waals surface area contributed by atoms with Gasteiger partial charge in [0.2, 0.25) is 0 Å². The monoisotopic (exact) mass is 510 g/mol. The van der Waals surface area contributed by atoms with E-state index >= 15 is 0 Å². The fraction of sp³-hybridized carbons (Fsp3) is 0.421. The van der Waals surface area contributed by atoms with Gasteiger partial charge in [0, 0.05) is 22.9 Å². The van der Waals surface area contributed by atoms with Crippen LogP contribution in [0.5, 0.6) is 0 Å². The van der Waals surface area contributed by atoms with E-state index < -0.39 is 29.2 Å². The van der Waals surface area contributed by atoms with E-state index in [2.05, 4.69) is 20.8 Å². The minimum Gasteiger partial charge on any atom is -0.477 e. The first kappa shape index (κ1) is 23.6. The number of β-lactam (4-membered cyclic amide) rings is 1. The van der Waals surface area contributed by atoms with E-state index in [9.17, 15) is 19.5 Å². The average molecular weight is 511 g/mol. The van der Waals surface area contributed by atoms with E-state index in [0.717, 1.165) is 30.8 Å². The predicted molar refractivity (Wildman–Crippen MR) is 128 cm³/mol. The molecule has 11 nitrogen and oxygen atoms in total. The van der Waals surface area contributed by atoms with Gasteiger partial charge in [-0.15, -0.1) is 34.9 Å². The molecule has 0 aliphatic carbocycles. The number of carboxylic acid groups (broad SMARTS) is 1. The molecule has 3 atom stereocenters. The summed E-state index contributed by atoms with van der Waals surface area (Å²) in [6, 6.07) is -0.889. The highest BCUT2D eigenvalue weighted by Gasteiger charge is 2.54. The second kappa shape index (κ2) is 10.2. The number of fused-ring (bicyclic) bond motifs is 1. The van der Waals surface area contributed by atoms with Crippen LogP contribution in [-0.2, 0) is 19.2 Å². The van der Waals surface area contributed by atoms with E-state index in [-0.39, 0.29) is 22.2 Å². The number of allylic oxidation sites excluding steroid dienone is 1. The van der Waals surface area contributed by atoms with Crippen LogP contribution in [-0.4, -0.2) is 81.1 Å². The third-order valence-corrected chi connectivity index (χ3v) is 8.26. The Labute approximate surface area is 201 Å². The van der Waals surface area contributed by atoms with Crippen LogP contribution < -0.4 is 16.4 Å².